The number of para-hydroxylation sites is 1. The van der Waals surface area contributed by atoms with Crippen molar-refractivity contribution < 1.29 is 9.59 Å². The Morgan fingerprint density at radius 1 is 1.00 bits per heavy atom. The maximum absolute atomic E-state index is 13.0. The van der Waals surface area contributed by atoms with Gasteiger partial charge in [-0.05, 0) is 44.5 Å². The summed E-state index contributed by atoms with van der Waals surface area (Å²) in [6.45, 7) is 6.57. The SMILES string of the molecule is Cc1ccc(CN(C)[C@H]2CC(=O)N(c3c(C)cccc3C)C2=O)cc1. The summed E-state index contributed by atoms with van der Waals surface area (Å²) in [6.07, 6.45) is 0.231. The van der Waals surface area contributed by atoms with Crippen LogP contribution in [0.25, 0.3) is 0 Å². The number of carbonyl (C=O) groups is 2. The van der Waals surface area contributed by atoms with Gasteiger partial charge in [-0.2, -0.15) is 0 Å². The fraction of sp³-hybridized carbons (Fsp3) is 0.333. The number of benzene rings is 2. The molecule has 0 spiro atoms. The number of likely N-dealkylation sites (N-methyl/N-ethyl adjacent to an activating group) is 1. The molecule has 0 aliphatic carbocycles. The molecule has 4 heteroatoms. The second-order valence-electron chi connectivity index (χ2n) is 6.93. The van der Waals surface area contributed by atoms with Gasteiger partial charge < -0.3 is 0 Å². The van der Waals surface area contributed by atoms with Crippen molar-refractivity contribution in [3.05, 3.63) is 64.7 Å². The second-order valence-corrected chi connectivity index (χ2v) is 6.93. The van der Waals surface area contributed by atoms with Crippen molar-refractivity contribution in [2.24, 2.45) is 0 Å². The van der Waals surface area contributed by atoms with Crippen molar-refractivity contribution in [3.8, 4) is 0 Å². The van der Waals surface area contributed by atoms with Crippen molar-refractivity contribution in [3.63, 3.8) is 0 Å². The lowest BCUT2D eigenvalue weighted by atomic mass is 10.1. The van der Waals surface area contributed by atoms with E-state index in [9.17, 15) is 9.59 Å². The van der Waals surface area contributed by atoms with Crippen molar-refractivity contribution in [2.75, 3.05) is 11.9 Å². The second kappa shape index (κ2) is 6.81. The molecule has 2 aromatic carbocycles. The van der Waals surface area contributed by atoms with Crippen LogP contribution in [0.4, 0.5) is 5.69 Å². The predicted octanol–water partition coefficient (Wildman–Crippen LogP) is 3.38. The van der Waals surface area contributed by atoms with Crippen LogP contribution >= 0.6 is 0 Å². The van der Waals surface area contributed by atoms with Crippen LogP contribution < -0.4 is 4.90 Å². The third-order valence-electron chi connectivity index (χ3n) is 4.87. The Bertz CT molecular complexity index is 791. The van der Waals surface area contributed by atoms with Crippen LogP contribution in [-0.2, 0) is 16.1 Å². The molecule has 0 radical (unpaired) electrons. The summed E-state index contributed by atoms with van der Waals surface area (Å²) in [7, 11) is 1.91. The highest BCUT2D eigenvalue weighted by molar-refractivity contribution is 6.23. The van der Waals surface area contributed by atoms with Gasteiger partial charge in [0.05, 0.1) is 18.2 Å². The number of aryl methyl sites for hydroxylation is 3. The van der Waals surface area contributed by atoms with E-state index in [1.807, 2.05) is 44.0 Å². The first-order valence-corrected chi connectivity index (χ1v) is 8.57. The number of amides is 2. The Labute approximate surface area is 149 Å². The Morgan fingerprint density at radius 3 is 2.20 bits per heavy atom. The maximum Gasteiger partial charge on any atom is 0.251 e. The highest BCUT2D eigenvalue weighted by atomic mass is 16.2. The molecule has 1 atom stereocenters. The molecular weight excluding hydrogens is 312 g/mol. The van der Waals surface area contributed by atoms with Gasteiger partial charge in [0.15, 0.2) is 0 Å². The first-order chi connectivity index (χ1) is 11.9. The summed E-state index contributed by atoms with van der Waals surface area (Å²) in [5.74, 6) is -0.250. The maximum atomic E-state index is 13.0. The topological polar surface area (TPSA) is 40.6 Å². The molecule has 0 saturated carbocycles. The Hall–Kier alpha value is -2.46. The van der Waals surface area contributed by atoms with Crippen molar-refractivity contribution in [1.82, 2.24) is 4.90 Å². The molecule has 1 fully saturated rings. The van der Waals surface area contributed by atoms with E-state index in [0.29, 0.717) is 6.54 Å². The van der Waals surface area contributed by atoms with E-state index in [2.05, 4.69) is 31.2 Å². The molecule has 0 bridgehead atoms. The third kappa shape index (κ3) is 3.35. The number of nitrogens with zero attached hydrogens (tertiary/aromatic N) is 2. The first-order valence-electron chi connectivity index (χ1n) is 8.57. The lowest BCUT2D eigenvalue weighted by Gasteiger charge is -2.24. The Kier molecular flexibility index (Phi) is 4.73. The molecule has 130 valence electrons. The van der Waals surface area contributed by atoms with Crippen molar-refractivity contribution in [2.45, 2.75) is 39.8 Å². The molecule has 0 aromatic heterocycles. The van der Waals surface area contributed by atoms with Gasteiger partial charge in [0.1, 0.15) is 0 Å². The molecule has 1 aliphatic heterocycles. The highest BCUT2D eigenvalue weighted by Gasteiger charge is 2.42. The minimum absolute atomic E-state index is 0.122. The highest BCUT2D eigenvalue weighted by Crippen LogP contribution is 2.31. The zero-order chi connectivity index (χ0) is 18.1. The fourth-order valence-corrected chi connectivity index (χ4v) is 3.45. The minimum atomic E-state index is -0.409. The van der Waals surface area contributed by atoms with Gasteiger partial charge in [-0.3, -0.25) is 14.5 Å². The quantitative estimate of drug-likeness (QED) is 0.804. The van der Waals surface area contributed by atoms with Crippen LogP contribution in [-0.4, -0.2) is 29.8 Å². The monoisotopic (exact) mass is 336 g/mol. The van der Waals surface area contributed by atoms with E-state index >= 15 is 0 Å². The predicted molar refractivity (Wildman–Crippen MR) is 99.5 cm³/mol. The zero-order valence-electron chi connectivity index (χ0n) is 15.2. The summed E-state index contributed by atoms with van der Waals surface area (Å²) in [6, 6.07) is 13.7. The van der Waals surface area contributed by atoms with Gasteiger partial charge in [-0.15, -0.1) is 0 Å². The third-order valence-corrected chi connectivity index (χ3v) is 4.87. The van der Waals surface area contributed by atoms with Gasteiger partial charge in [-0.1, -0.05) is 48.0 Å². The van der Waals surface area contributed by atoms with Crippen molar-refractivity contribution >= 4 is 17.5 Å². The number of carbonyl (C=O) groups excluding carboxylic acids is 2. The fourth-order valence-electron chi connectivity index (χ4n) is 3.45. The summed E-state index contributed by atoms with van der Waals surface area (Å²) in [5, 5.41) is 0. The summed E-state index contributed by atoms with van der Waals surface area (Å²) >= 11 is 0. The van der Waals surface area contributed by atoms with E-state index in [1.165, 1.54) is 10.5 Å². The molecule has 0 N–H and O–H groups in total. The number of rotatable bonds is 4. The lowest BCUT2D eigenvalue weighted by molar-refractivity contribution is -0.122. The van der Waals surface area contributed by atoms with Crippen LogP contribution in [0.3, 0.4) is 0 Å². The molecule has 2 aromatic rings. The standard InChI is InChI=1S/C21H24N2O2/c1-14-8-10-17(11-9-14)13-22(4)18-12-19(24)23(21(18)25)20-15(2)6-5-7-16(20)3/h5-11,18H,12-13H2,1-4H3/t18-/m0/s1. The number of anilines is 1. The molecule has 1 heterocycles. The molecule has 3 rings (SSSR count). The van der Waals surface area contributed by atoms with Crippen LogP contribution in [0.5, 0.6) is 0 Å². The molecule has 0 unspecified atom stereocenters. The van der Waals surface area contributed by atoms with Gasteiger partial charge in [0.2, 0.25) is 5.91 Å². The molecule has 4 nitrogen and oxygen atoms in total. The Balaban J connectivity index is 1.82. The van der Waals surface area contributed by atoms with Gasteiger partial charge in [0, 0.05) is 6.54 Å². The Morgan fingerprint density at radius 2 is 1.60 bits per heavy atom. The normalized spacial score (nSPS) is 17.6. The lowest BCUT2D eigenvalue weighted by Crippen LogP contribution is -2.40. The van der Waals surface area contributed by atoms with E-state index in [4.69, 9.17) is 0 Å². The van der Waals surface area contributed by atoms with Crippen LogP contribution in [0, 0.1) is 20.8 Å². The van der Waals surface area contributed by atoms with Crippen LogP contribution in [0.2, 0.25) is 0 Å². The molecule has 1 saturated heterocycles. The summed E-state index contributed by atoms with van der Waals surface area (Å²) in [5.41, 5.74) is 4.98. The van der Waals surface area contributed by atoms with E-state index in [0.717, 1.165) is 22.4 Å². The number of hydrogen-bond donors (Lipinski definition) is 0. The average molecular weight is 336 g/mol. The number of imide groups is 1. The minimum Gasteiger partial charge on any atom is -0.290 e. The van der Waals surface area contributed by atoms with Crippen LogP contribution in [0.15, 0.2) is 42.5 Å². The van der Waals surface area contributed by atoms with Gasteiger partial charge >= 0.3 is 0 Å². The summed E-state index contributed by atoms with van der Waals surface area (Å²) in [4.78, 5) is 28.9. The average Bonchev–Trinajstić information content (AvgIpc) is 2.85. The largest absolute Gasteiger partial charge is 0.290 e. The van der Waals surface area contributed by atoms with E-state index in [1.54, 1.807) is 0 Å². The van der Waals surface area contributed by atoms with Crippen LogP contribution in [0.1, 0.15) is 28.7 Å². The van der Waals surface area contributed by atoms with Gasteiger partial charge in [-0.25, -0.2) is 4.90 Å². The summed E-state index contributed by atoms with van der Waals surface area (Å²) < 4.78 is 0. The molecular formula is C21H24N2O2. The molecule has 1 aliphatic rings. The first kappa shape index (κ1) is 17.4. The zero-order valence-corrected chi connectivity index (χ0v) is 15.2. The van der Waals surface area contributed by atoms with Crippen molar-refractivity contribution in [1.29, 1.82) is 0 Å². The molecule has 2 amide bonds. The van der Waals surface area contributed by atoms with Gasteiger partial charge in [0.25, 0.3) is 5.91 Å². The number of hydrogen-bond acceptors (Lipinski definition) is 3. The smallest absolute Gasteiger partial charge is 0.251 e. The van der Waals surface area contributed by atoms with E-state index in [-0.39, 0.29) is 18.2 Å². The van der Waals surface area contributed by atoms with E-state index < -0.39 is 6.04 Å². The molecule has 25 heavy (non-hydrogen) atoms.